The fourth-order valence-corrected chi connectivity index (χ4v) is 7.65. The number of pyridine rings is 2. The highest BCUT2D eigenvalue weighted by atomic mass is 32.2. The number of phenolic OH excluding ortho intramolecular Hbond substituents is 2. The molecule has 0 fully saturated rings. The molecule has 2 aromatic heterocycles. The van der Waals surface area contributed by atoms with Crippen LogP contribution in [0.3, 0.4) is 0 Å². The van der Waals surface area contributed by atoms with Crippen LogP contribution in [0.1, 0.15) is 38.5 Å². The molecule has 6 rings (SSSR count). The number of benzene rings is 4. The van der Waals surface area contributed by atoms with Gasteiger partial charge in [0.1, 0.15) is 11.5 Å². The minimum Gasteiger partial charge on any atom is -0.508 e. The molecule has 6 aromatic rings. The van der Waals surface area contributed by atoms with Crippen LogP contribution in [0.15, 0.2) is 94.7 Å². The van der Waals surface area contributed by atoms with Gasteiger partial charge in [0.05, 0.1) is 22.1 Å². The van der Waals surface area contributed by atoms with Crippen molar-refractivity contribution in [1.29, 1.82) is 0 Å². The molecule has 0 aliphatic heterocycles. The quantitative estimate of drug-likeness (QED) is 0.0927. The average Bonchev–Trinajstić information content (AvgIpc) is 2.97. The lowest BCUT2D eigenvalue weighted by atomic mass is 10.1. The number of rotatable bonds is 11. The standard InChI is InChI=1S/C34H32N2O2S2/c37-23-15-17-31-27(21-23)33(25-11-5-7-13-29(25)35-31)39-19-9-3-1-2-4-10-20-40-34-26-12-6-8-14-30(26)36-32-18-16-24(38)22-28(32)34/h5-8,11-18,21-22,37-38H,1-4,9-10,19-20H2. The Labute approximate surface area is 242 Å². The molecule has 40 heavy (non-hydrogen) atoms. The summed E-state index contributed by atoms with van der Waals surface area (Å²) in [6, 6.07) is 27.5. The van der Waals surface area contributed by atoms with E-state index in [9.17, 15) is 10.2 Å². The molecule has 0 saturated carbocycles. The smallest absolute Gasteiger partial charge is 0.116 e. The molecular weight excluding hydrogens is 533 g/mol. The van der Waals surface area contributed by atoms with Crippen molar-refractivity contribution in [3.63, 3.8) is 0 Å². The van der Waals surface area contributed by atoms with Gasteiger partial charge in [-0.25, -0.2) is 9.97 Å². The van der Waals surface area contributed by atoms with Crippen molar-refractivity contribution in [3.05, 3.63) is 84.9 Å². The summed E-state index contributed by atoms with van der Waals surface area (Å²) in [6.45, 7) is 0. The van der Waals surface area contributed by atoms with Gasteiger partial charge in [0, 0.05) is 31.3 Å². The molecule has 6 heteroatoms. The van der Waals surface area contributed by atoms with Gasteiger partial charge in [0.15, 0.2) is 0 Å². The maximum Gasteiger partial charge on any atom is 0.116 e. The normalized spacial score (nSPS) is 11.7. The van der Waals surface area contributed by atoms with Crippen molar-refractivity contribution in [2.24, 2.45) is 0 Å². The van der Waals surface area contributed by atoms with Crippen molar-refractivity contribution in [2.75, 3.05) is 11.5 Å². The summed E-state index contributed by atoms with van der Waals surface area (Å²) in [7, 11) is 0. The van der Waals surface area contributed by atoms with Gasteiger partial charge in [-0.15, -0.1) is 23.5 Å². The number of thioether (sulfide) groups is 2. The zero-order valence-corrected chi connectivity index (χ0v) is 24.0. The van der Waals surface area contributed by atoms with Gasteiger partial charge in [-0.2, -0.15) is 0 Å². The first-order chi connectivity index (χ1) is 19.7. The Kier molecular flexibility index (Phi) is 8.26. The minimum absolute atomic E-state index is 0.285. The van der Waals surface area contributed by atoms with Gasteiger partial charge in [-0.05, 0) is 72.9 Å². The van der Waals surface area contributed by atoms with Crippen molar-refractivity contribution in [2.45, 2.75) is 48.3 Å². The third-order valence-corrected chi connectivity index (χ3v) is 9.70. The fourth-order valence-electron chi connectivity index (χ4n) is 5.25. The van der Waals surface area contributed by atoms with E-state index in [1.54, 1.807) is 12.1 Å². The molecule has 2 N–H and O–H groups in total. The maximum atomic E-state index is 10.1. The van der Waals surface area contributed by atoms with Crippen LogP contribution in [0.4, 0.5) is 0 Å². The van der Waals surface area contributed by atoms with Gasteiger partial charge < -0.3 is 10.2 Å². The Morgan fingerprint density at radius 1 is 0.450 bits per heavy atom. The van der Waals surface area contributed by atoms with Crippen LogP contribution in [0.2, 0.25) is 0 Å². The first kappa shape index (κ1) is 26.7. The van der Waals surface area contributed by atoms with E-state index in [4.69, 9.17) is 9.97 Å². The highest BCUT2D eigenvalue weighted by Crippen LogP contribution is 2.37. The van der Waals surface area contributed by atoms with Crippen molar-refractivity contribution in [3.8, 4) is 11.5 Å². The number of fused-ring (bicyclic) bond motifs is 4. The number of nitrogens with zero attached hydrogens (tertiary/aromatic N) is 2. The van der Waals surface area contributed by atoms with E-state index in [0.717, 1.165) is 55.1 Å². The van der Waals surface area contributed by atoms with Crippen LogP contribution >= 0.6 is 23.5 Å². The minimum atomic E-state index is 0.285. The van der Waals surface area contributed by atoms with E-state index < -0.39 is 0 Å². The predicted octanol–water partition coefficient (Wildman–Crippen LogP) is 9.73. The van der Waals surface area contributed by atoms with Gasteiger partial charge in [0.2, 0.25) is 0 Å². The molecule has 0 amide bonds. The van der Waals surface area contributed by atoms with Gasteiger partial charge in [0.25, 0.3) is 0 Å². The Hall–Kier alpha value is -3.48. The number of hydrogen-bond donors (Lipinski definition) is 2. The molecule has 202 valence electrons. The molecule has 0 radical (unpaired) electrons. The Bertz CT molecular complexity index is 1670. The summed E-state index contributed by atoms with van der Waals surface area (Å²) < 4.78 is 0. The first-order valence-electron chi connectivity index (χ1n) is 14.0. The Morgan fingerprint density at radius 3 is 1.32 bits per heavy atom. The second-order valence-corrected chi connectivity index (χ2v) is 12.3. The van der Waals surface area contributed by atoms with Crippen LogP contribution in [-0.2, 0) is 0 Å². The number of aromatic hydroxyl groups is 2. The monoisotopic (exact) mass is 564 g/mol. The molecule has 2 heterocycles. The zero-order valence-electron chi connectivity index (χ0n) is 22.3. The molecule has 4 nitrogen and oxygen atoms in total. The van der Waals surface area contributed by atoms with E-state index in [2.05, 4.69) is 36.4 Å². The van der Waals surface area contributed by atoms with Crippen molar-refractivity contribution < 1.29 is 10.2 Å². The lowest BCUT2D eigenvalue weighted by Crippen LogP contribution is -1.90. The Balaban J connectivity index is 0.983. The zero-order chi connectivity index (χ0) is 27.3. The molecule has 0 bridgehead atoms. The van der Waals surface area contributed by atoms with E-state index in [1.807, 2.05) is 59.9 Å². The lowest BCUT2D eigenvalue weighted by molar-refractivity contribution is 0.475. The molecule has 0 unspecified atom stereocenters. The van der Waals surface area contributed by atoms with Crippen molar-refractivity contribution in [1.82, 2.24) is 9.97 Å². The van der Waals surface area contributed by atoms with Crippen LogP contribution in [0.5, 0.6) is 11.5 Å². The fraction of sp³-hybridized carbons (Fsp3) is 0.235. The second-order valence-electron chi connectivity index (χ2n) is 10.1. The van der Waals surface area contributed by atoms with Gasteiger partial charge in [-0.3, -0.25) is 0 Å². The van der Waals surface area contributed by atoms with Gasteiger partial charge >= 0.3 is 0 Å². The van der Waals surface area contributed by atoms with Gasteiger partial charge in [-0.1, -0.05) is 62.1 Å². The molecular formula is C34H32N2O2S2. The number of unbranched alkanes of at least 4 members (excludes halogenated alkanes) is 5. The summed E-state index contributed by atoms with van der Waals surface area (Å²) in [6.07, 6.45) is 7.30. The molecule has 0 saturated heterocycles. The molecule has 4 aromatic carbocycles. The van der Waals surface area contributed by atoms with Crippen LogP contribution in [-0.4, -0.2) is 31.7 Å². The summed E-state index contributed by atoms with van der Waals surface area (Å²) in [4.78, 5) is 12.0. The summed E-state index contributed by atoms with van der Waals surface area (Å²) in [5.41, 5.74) is 3.87. The molecule has 0 spiro atoms. The highest BCUT2D eigenvalue weighted by Gasteiger charge is 2.12. The molecule has 0 aliphatic carbocycles. The van der Waals surface area contributed by atoms with Crippen LogP contribution in [0.25, 0.3) is 43.6 Å². The molecule has 0 atom stereocenters. The first-order valence-corrected chi connectivity index (χ1v) is 15.9. The van der Waals surface area contributed by atoms with E-state index in [1.165, 1.54) is 48.3 Å². The van der Waals surface area contributed by atoms with E-state index >= 15 is 0 Å². The summed E-state index contributed by atoms with van der Waals surface area (Å²) >= 11 is 3.77. The predicted molar refractivity (Wildman–Crippen MR) is 171 cm³/mol. The average molecular weight is 565 g/mol. The van der Waals surface area contributed by atoms with E-state index in [-0.39, 0.29) is 11.5 Å². The maximum absolute atomic E-state index is 10.1. The topological polar surface area (TPSA) is 66.2 Å². The number of para-hydroxylation sites is 2. The van der Waals surface area contributed by atoms with Crippen LogP contribution < -0.4 is 0 Å². The van der Waals surface area contributed by atoms with E-state index in [0.29, 0.717) is 0 Å². The van der Waals surface area contributed by atoms with Crippen LogP contribution in [0, 0.1) is 0 Å². The lowest BCUT2D eigenvalue weighted by Gasteiger charge is -2.11. The number of phenols is 2. The summed E-state index contributed by atoms with van der Waals surface area (Å²) in [5.74, 6) is 2.69. The molecule has 0 aliphatic rings. The third kappa shape index (κ3) is 5.84. The second kappa shape index (κ2) is 12.4. The number of aromatic nitrogens is 2. The largest absolute Gasteiger partial charge is 0.508 e. The number of hydrogen-bond acceptors (Lipinski definition) is 6. The van der Waals surface area contributed by atoms with Crippen molar-refractivity contribution >= 4 is 67.1 Å². The third-order valence-electron chi connectivity index (χ3n) is 7.26. The highest BCUT2D eigenvalue weighted by molar-refractivity contribution is 8.00. The summed E-state index contributed by atoms with van der Waals surface area (Å²) in [5, 5.41) is 24.5. The SMILES string of the molecule is Oc1ccc2nc3ccccc3c(SCCCCCCCCSc3c4ccccc4nc4ccc(O)cc34)c2c1. The Morgan fingerprint density at radius 2 is 0.850 bits per heavy atom.